The second-order valence-electron chi connectivity index (χ2n) is 3.41. The van der Waals surface area contributed by atoms with Gasteiger partial charge < -0.3 is 10.1 Å². The molecule has 0 spiro atoms. The largest absolute Gasteiger partial charge is 0.362 e. The molecule has 1 aliphatic rings. The van der Waals surface area contributed by atoms with E-state index >= 15 is 0 Å². The molecule has 2 unspecified atom stereocenters. The summed E-state index contributed by atoms with van der Waals surface area (Å²) < 4.78 is 5.09. The molecule has 1 rings (SSSR count). The maximum atomic E-state index is 10.6. The van der Waals surface area contributed by atoms with Crippen molar-refractivity contribution in [2.24, 2.45) is 20.7 Å². The van der Waals surface area contributed by atoms with Crippen molar-refractivity contribution in [1.29, 1.82) is 5.41 Å². The van der Waals surface area contributed by atoms with Crippen LogP contribution in [0.2, 0.25) is 0 Å². The van der Waals surface area contributed by atoms with E-state index in [1.165, 1.54) is 0 Å². The summed E-state index contributed by atoms with van der Waals surface area (Å²) >= 11 is 0. The molecule has 1 saturated heterocycles. The Balaban J connectivity index is 3.03. The summed E-state index contributed by atoms with van der Waals surface area (Å²) in [5.74, 6) is 0. The number of nitroso groups, excluding NO2 is 4. The molecule has 1 N–H and O–H groups in total. The van der Waals surface area contributed by atoms with Crippen LogP contribution in [0.3, 0.4) is 0 Å². The minimum Gasteiger partial charge on any atom is -0.362 e. The third-order valence-electron chi connectivity index (χ3n) is 2.53. The van der Waals surface area contributed by atoms with E-state index in [0.29, 0.717) is 0 Å². The van der Waals surface area contributed by atoms with Crippen LogP contribution in [0.5, 0.6) is 0 Å². The van der Waals surface area contributed by atoms with Crippen LogP contribution in [0, 0.1) is 25.0 Å². The van der Waals surface area contributed by atoms with Crippen LogP contribution in [-0.4, -0.2) is 43.1 Å². The quantitative estimate of drug-likeness (QED) is 0.534. The minimum atomic E-state index is -1.35. The Labute approximate surface area is 94.5 Å². The Morgan fingerprint density at radius 2 is 1.59 bits per heavy atom. The topological polar surface area (TPSA) is 151 Å². The predicted molar refractivity (Wildman–Crippen MR) is 56.9 cm³/mol. The standard InChI is InChI=1S/C7H9N5O5/c8-1-3-5(10-14)7(12-16)6(11-15)4(17-3)2-9-13/h1,3-8H,2H2/t3-,4?,5?,6-,7+/m0/s1. The van der Waals surface area contributed by atoms with Crippen LogP contribution >= 0.6 is 0 Å². The van der Waals surface area contributed by atoms with Gasteiger partial charge in [-0.1, -0.05) is 20.7 Å². The van der Waals surface area contributed by atoms with Crippen molar-refractivity contribution in [3.05, 3.63) is 19.6 Å². The van der Waals surface area contributed by atoms with E-state index in [1.807, 2.05) is 0 Å². The lowest BCUT2D eigenvalue weighted by Gasteiger charge is -2.35. The maximum absolute atomic E-state index is 10.6. The summed E-state index contributed by atoms with van der Waals surface area (Å²) in [5, 5.41) is 17.4. The van der Waals surface area contributed by atoms with Crippen LogP contribution < -0.4 is 0 Å². The lowest BCUT2D eigenvalue weighted by molar-refractivity contribution is -0.0395. The minimum absolute atomic E-state index is 0.418. The summed E-state index contributed by atoms with van der Waals surface area (Å²) in [6, 6.07) is -3.95. The number of hydrogen-bond donors (Lipinski definition) is 1. The fourth-order valence-electron chi connectivity index (χ4n) is 1.72. The Morgan fingerprint density at radius 3 is 2.00 bits per heavy atom. The third-order valence-corrected chi connectivity index (χ3v) is 2.53. The van der Waals surface area contributed by atoms with E-state index in [1.54, 1.807) is 0 Å². The van der Waals surface area contributed by atoms with Gasteiger partial charge in [-0.3, -0.25) is 0 Å². The van der Waals surface area contributed by atoms with Gasteiger partial charge in [0.1, 0.15) is 30.8 Å². The number of ether oxygens (including phenoxy) is 1. The van der Waals surface area contributed by atoms with Gasteiger partial charge >= 0.3 is 0 Å². The van der Waals surface area contributed by atoms with Crippen molar-refractivity contribution in [1.82, 2.24) is 0 Å². The number of nitrogens with one attached hydrogen (secondary N) is 1. The molecule has 0 amide bonds. The van der Waals surface area contributed by atoms with Crippen LogP contribution in [0.1, 0.15) is 0 Å². The Hall–Kier alpha value is -1.97. The zero-order valence-electron chi connectivity index (χ0n) is 8.50. The summed E-state index contributed by atoms with van der Waals surface area (Å²) in [6.07, 6.45) is -1.43. The Bertz CT molecular complexity index is 337. The first kappa shape index (κ1) is 13.1. The monoisotopic (exact) mass is 243 g/mol. The van der Waals surface area contributed by atoms with Gasteiger partial charge in [-0.15, -0.1) is 0 Å². The summed E-state index contributed by atoms with van der Waals surface area (Å²) in [6.45, 7) is -0.418. The molecule has 92 valence electrons. The van der Waals surface area contributed by atoms with E-state index in [9.17, 15) is 19.6 Å². The lowest BCUT2D eigenvalue weighted by atomic mass is 9.90. The van der Waals surface area contributed by atoms with Gasteiger partial charge in [0.2, 0.25) is 0 Å². The molecule has 17 heavy (non-hydrogen) atoms. The molecule has 0 aromatic carbocycles. The van der Waals surface area contributed by atoms with E-state index in [0.717, 1.165) is 6.21 Å². The predicted octanol–water partition coefficient (Wildman–Crippen LogP) is 0.575. The fourth-order valence-corrected chi connectivity index (χ4v) is 1.72. The normalized spacial score (nSPS) is 36.8. The highest BCUT2D eigenvalue weighted by atomic mass is 16.5. The van der Waals surface area contributed by atoms with Crippen molar-refractivity contribution >= 4 is 6.21 Å². The molecule has 0 bridgehead atoms. The molecule has 10 nitrogen and oxygen atoms in total. The van der Waals surface area contributed by atoms with Gasteiger partial charge in [0.05, 0.1) is 0 Å². The molecule has 1 fully saturated rings. The first-order chi connectivity index (χ1) is 8.23. The molecule has 10 heteroatoms. The highest BCUT2D eigenvalue weighted by Crippen LogP contribution is 2.27. The zero-order valence-corrected chi connectivity index (χ0v) is 8.50. The van der Waals surface area contributed by atoms with E-state index in [4.69, 9.17) is 10.1 Å². The average Bonchev–Trinajstić information content (AvgIpc) is 2.37. The van der Waals surface area contributed by atoms with Gasteiger partial charge in [-0.2, -0.15) is 19.6 Å². The van der Waals surface area contributed by atoms with Crippen molar-refractivity contribution in [2.75, 3.05) is 6.54 Å². The van der Waals surface area contributed by atoms with Gasteiger partial charge in [-0.25, -0.2) is 0 Å². The van der Waals surface area contributed by atoms with Gasteiger partial charge in [0, 0.05) is 6.21 Å². The van der Waals surface area contributed by atoms with Crippen molar-refractivity contribution in [3.8, 4) is 0 Å². The molecule has 0 aromatic heterocycles. The number of hydrogen-bond acceptors (Lipinski definition) is 10. The van der Waals surface area contributed by atoms with Gasteiger partial charge in [0.15, 0.2) is 6.04 Å². The second kappa shape index (κ2) is 5.94. The summed E-state index contributed by atoms with van der Waals surface area (Å²) in [7, 11) is 0. The van der Waals surface area contributed by atoms with E-state index in [2.05, 4.69) is 20.7 Å². The second-order valence-corrected chi connectivity index (χ2v) is 3.41. The Morgan fingerprint density at radius 1 is 1.00 bits per heavy atom. The van der Waals surface area contributed by atoms with Crippen LogP contribution in [0.4, 0.5) is 0 Å². The zero-order chi connectivity index (χ0) is 12.8. The van der Waals surface area contributed by atoms with Crippen LogP contribution in [0.25, 0.3) is 0 Å². The van der Waals surface area contributed by atoms with Crippen molar-refractivity contribution in [2.45, 2.75) is 30.3 Å². The van der Waals surface area contributed by atoms with Gasteiger partial charge in [-0.05, 0) is 0 Å². The number of rotatable bonds is 6. The molecule has 0 saturated carbocycles. The molecule has 0 aliphatic carbocycles. The van der Waals surface area contributed by atoms with Gasteiger partial charge in [0.25, 0.3) is 0 Å². The molecule has 1 heterocycles. The van der Waals surface area contributed by atoms with E-state index < -0.39 is 36.9 Å². The molecule has 0 radical (unpaired) electrons. The lowest BCUT2D eigenvalue weighted by Crippen LogP contribution is -2.56. The van der Waals surface area contributed by atoms with E-state index in [-0.39, 0.29) is 0 Å². The molecule has 5 atom stereocenters. The smallest absolute Gasteiger partial charge is 0.151 e. The van der Waals surface area contributed by atoms with Crippen LogP contribution in [-0.2, 0) is 4.74 Å². The molecule has 1 aliphatic heterocycles. The van der Waals surface area contributed by atoms with Crippen molar-refractivity contribution < 1.29 is 4.74 Å². The number of nitrogens with zero attached hydrogens (tertiary/aromatic N) is 4. The Kier molecular flexibility index (Phi) is 4.57. The SMILES string of the molecule is N=C[C@@H]1OC(CN=O)[C@H](N=O)[C@H](N=O)C1N=O. The summed E-state index contributed by atoms with van der Waals surface area (Å²) in [4.78, 5) is 41.9. The fraction of sp³-hybridized carbons (Fsp3) is 0.857. The van der Waals surface area contributed by atoms with Crippen molar-refractivity contribution in [3.63, 3.8) is 0 Å². The molecule has 0 aromatic rings. The first-order valence-corrected chi connectivity index (χ1v) is 4.66. The maximum Gasteiger partial charge on any atom is 0.151 e. The molecular formula is C7H9N5O5. The highest BCUT2D eigenvalue weighted by Gasteiger charge is 2.48. The third kappa shape index (κ3) is 2.41. The highest BCUT2D eigenvalue weighted by molar-refractivity contribution is 5.61. The average molecular weight is 243 g/mol. The van der Waals surface area contributed by atoms with Crippen LogP contribution in [0.15, 0.2) is 20.7 Å². The first-order valence-electron chi connectivity index (χ1n) is 4.66. The summed E-state index contributed by atoms with van der Waals surface area (Å²) in [5.41, 5.74) is 0. The molecular weight excluding hydrogens is 234 g/mol.